The molecule has 10 nitrogen and oxygen atoms in total. The average Bonchev–Trinajstić information content (AvgIpc) is 2.41. The molecular weight excluding hydrogens is 371 g/mol. The van der Waals surface area contributed by atoms with Gasteiger partial charge in [-0.3, -0.25) is 4.52 Å². The predicted molar refractivity (Wildman–Crippen MR) is 93.2 cm³/mol. The van der Waals surface area contributed by atoms with Crippen LogP contribution in [-0.2, 0) is 9.09 Å². The van der Waals surface area contributed by atoms with Crippen molar-refractivity contribution in [2.75, 3.05) is 6.61 Å². The van der Waals surface area contributed by atoms with E-state index in [9.17, 15) is 4.57 Å². The Hall–Kier alpha value is -0.130. The van der Waals surface area contributed by atoms with E-state index < -0.39 is 19.8 Å². The Bertz CT molecular complexity index is 358. The van der Waals surface area contributed by atoms with Gasteiger partial charge in [-0.25, -0.2) is 4.57 Å². The summed E-state index contributed by atoms with van der Waals surface area (Å²) < 4.78 is 14.8. The van der Waals surface area contributed by atoms with E-state index in [0.29, 0.717) is 0 Å². The highest BCUT2D eigenvalue weighted by Crippen LogP contribution is 2.35. The van der Waals surface area contributed by atoms with Crippen molar-refractivity contribution in [3.05, 3.63) is 0 Å². The summed E-state index contributed by atoms with van der Waals surface area (Å²) in [5.41, 5.74) is 0. The van der Waals surface area contributed by atoms with E-state index in [-0.39, 0.29) is 6.61 Å². The molecule has 26 heavy (non-hydrogen) atoms. The van der Waals surface area contributed by atoms with E-state index in [4.69, 9.17) is 40.4 Å². The molecule has 0 aromatic rings. The van der Waals surface area contributed by atoms with Crippen LogP contribution in [0.3, 0.4) is 0 Å². The summed E-state index contributed by atoms with van der Waals surface area (Å²) >= 11 is 0. The first-order chi connectivity index (χ1) is 11.7. The number of hydrogen-bond donors (Lipinski definition) is 8. The number of phosphoric ester groups is 1. The van der Waals surface area contributed by atoms with Crippen LogP contribution in [-0.4, -0.2) is 59.0 Å². The average molecular weight is 406 g/mol. The Morgan fingerprint density at radius 3 is 1.38 bits per heavy atom. The third kappa shape index (κ3) is 21.9. The van der Waals surface area contributed by atoms with Gasteiger partial charge in [0, 0.05) is 0 Å². The van der Waals surface area contributed by atoms with Crippen molar-refractivity contribution in [2.24, 2.45) is 5.92 Å². The molecule has 0 unspecified atom stereocenters. The highest BCUT2D eigenvalue weighted by Gasteiger charge is 2.44. The van der Waals surface area contributed by atoms with E-state index >= 15 is 0 Å². The monoisotopic (exact) mass is 406 g/mol. The van der Waals surface area contributed by atoms with Gasteiger partial charge in [-0.15, -0.1) is 0 Å². The van der Waals surface area contributed by atoms with Gasteiger partial charge >= 0.3 is 19.8 Å². The largest absolute Gasteiger partial charge is 0.469 e. The van der Waals surface area contributed by atoms with Crippen molar-refractivity contribution >= 4 is 7.82 Å². The molecule has 0 saturated heterocycles. The van der Waals surface area contributed by atoms with Crippen LogP contribution >= 0.6 is 7.82 Å². The minimum Gasteiger partial charge on any atom is -0.337 e. The van der Waals surface area contributed by atoms with Gasteiger partial charge < -0.3 is 40.4 Å². The lowest BCUT2D eigenvalue weighted by molar-refractivity contribution is -0.512. The summed E-state index contributed by atoms with van der Waals surface area (Å²) in [6.45, 7) is 4.69. The lowest BCUT2D eigenvalue weighted by atomic mass is 10.0. The first-order valence-corrected chi connectivity index (χ1v) is 10.2. The first kappa shape index (κ1) is 28.1. The maximum absolute atomic E-state index is 10.4. The molecular formula is C15H35O10P. The summed E-state index contributed by atoms with van der Waals surface area (Å²) in [7, 11) is -4.25. The van der Waals surface area contributed by atoms with Crippen LogP contribution in [0.25, 0.3) is 0 Å². The highest BCUT2D eigenvalue weighted by molar-refractivity contribution is 7.46. The van der Waals surface area contributed by atoms with E-state index in [1.54, 1.807) is 0 Å². The normalized spacial score (nSPS) is 12.9. The van der Waals surface area contributed by atoms with Gasteiger partial charge in [0.25, 0.3) is 0 Å². The number of hydrogen-bond acceptors (Lipinski definition) is 8. The summed E-state index contributed by atoms with van der Waals surface area (Å²) in [6.07, 6.45) is 10.7. The summed E-state index contributed by atoms with van der Waals surface area (Å²) in [4.78, 5) is 16.9. The third-order valence-electron chi connectivity index (χ3n) is 3.39. The minimum absolute atomic E-state index is 0.165. The fourth-order valence-corrected chi connectivity index (χ4v) is 2.27. The highest BCUT2D eigenvalue weighted by atomic mass is 31.2. The van der Waals surface area contributed by atoms with Gasteiger partial charge in [-0.1, -0.05) is 65.2 Å². The maximum Gasteiger partial charge on any atom is 0.469 e. The molecule has 0 aliphatic rings. The quantitative estimate of drug-likeness (QED) is 0.122. The van der Waals surface area contributed by atoms with Gasteiger partial charge in [0.2, 0.25) is 0 Å². The van der Waals surface area contributed by atoms with Gasteiger partial charge in [0.05, 0.1) is 6.61 Å². The van der Waals surface area contributed by atoms with Gasteiger partial charge in [0.1, 0.15) is 0 Å². The topological polar surface area (TPSA) is 188 Å². The van der Waals surface area contributed by atoms with Crippen molar-refractivity contribution < 1.29 is 49.5 Å². The lowest BCUT2D eigenvalue weighted by Crippen LogP contribution is -2.54. The second-order valence-corrected chi connectivity index (χ2v) is 7.84. The molecule has 0 saturated carbocycles. The molecule has 0 amide bonds. The van der Waals surface area contributed by atoms with Gasteiger partial charge in [0.15, 0.2) is 0 Å². The summed E-state index contributed by atoms with van der Waals surface area (Å²) in [6, 6.07) is 0. The molecule has 0 aliphatic carbocycles. The third-order valence-corrected chi connectivity index (χ3v) is 3.90. The van der Waals surface area contributed by atoms with Crippen LogP contribution in [0.1, 0.15) is 71.6 Å². The number of rotatable bonds is 13. The number of phosphoric acid groups is 1. The van der Waals surface area contributed by atoms with Crippen molar-refractivity contribution in [3.63, 3.8) is 0 Å². The fourth-order valence-electron chi connectivity index (χ4n) is 1.90. The zero-order valence-corrected chi connectivity index (χ0v) is 16.4. The SMILES string of the molecule is CC(C)CCCCCCCCCCOP(=O)(O)O.OC(O)(O)C(O)(O)O. The molecule has 0 heterocycles. The van der Waals surface area contributed by atoms with Crippen LogP contribution in [0.5, 0.6) is 0 Å². The molecule has 0 spiro atoms. The Labute approximate surface area is 154 Å². The lowest BCUT2D eigenvalue weighted by Gasteiger charge is -2.23. The number of unbranched alkanes of at least 4 members (excludes halogenated alkanes) is 7. The molecule has 0 aromatic carbocycles. The molecule has 8 N–H and O–H groups in total. The van der Waals surface area contributed by atoms with Gasteiger partial charge in [-0.05, 0) is 12.3 Å². The second kappa shape index (κ2) is 14.0. The zero-order chi connectivity index (χ0) is 20.9. The standard InChI is InChI=1S/C13H29O4P.C2H6O6/c1-13(2)11-9-7-5-3-4-6-8-10-12-17-18(14,15)16;3-1(4,5)2(6,7)8/h13H,3-12H2,1-2H3,(H2,14,15,16);3-8H. The predicted octanol–water partition coefficient (Wildman–Crippen LogP) is 0.510. The Kier molecular flexibility index (Phi) is 15.1. The molecule has 11 heteroatoms. The van der Waals surface area contributed by atoms with Crippen molar-refractivity contribution in [1.29, 1.82) is 0 Å². The molecule has 0 fully saturated rings. The van der Waals surface area contributed by atoms with Crippen LogP contribution in [0.15, 0.2) is 0 Å². The maximum atomic E-state index is 10.4. The Morgan fingerprint density at radius 2 is 1.08 bits per heavy atom. The van der Waals surface area contributed by atoms with E-state index in [1.165, 1.54) is 38.5 Å². The fraction of sp³-hybridized carbons (Fsp3) is 1.00. The van der Waals surface area contributed by atoms with Gasteiger partial charge in [-0.2, -0.15) is 0 Å². The molecule has 0 aliphatic heterocycles. The van der Waals surface area contributed by atoms with Crippen molar-refractivity contribution in [1.82, 2.24) is 0 Å². The second-order valence-electron chi connectivity index (χ2n) is 6.61. The van der Waals surface area contributed by atoms with E-state index in [1.807, 2.05) is 0 Å². The number of aliphatic hydroxyl groups is 6. The molecule has 0 atom stereocenters. The van der Waals surface area contributed by atoms with Crippen molar-refractivity contribution in [2.45, 2.75) is 83.6 Å². The molecule has 160 valence electrons. The van der Waals surface area contributed by atoms with Crippen molar-refractivity contribution in [3.8, 4) is 0 Å². The van der Waals surface area contributed by atoms with Crippen LogP contribution < -0.4 is 0 Å². The summed E-state index contributed by atoms with van der Waals surface area (Å²) in [5, 5.41) is 46.3. The Morgan fingerprint density at radius 1 is 0.731 bits per heavy atom. The molecule has 0 aromatic heterocycles. The molecule has 0 radical (unpaired) electrons. The van der Waals surface area contributed by atoms with E-state index in [0.717, 1.165) is 25.2 Å². The molecule has 0 rings (SSSR count). The minimum atomic E-state index is -4.25. The molecule has 0 bridgehead atoms. The van der Waals surface area contributed by atoms with Crippen LogP contribution in [0.2, 0.25) is 0 Å². The first-order valence-electron chi connectivity index (χ1n) is 8.71. The van der Waals surface area contributed by atoms with Crippen LogP contribution in [0, 0.1) is 5.92 Å². The smallest absolute Gasteiger partial charge is 0.337 e. The summed E-state index contributed by atoms with van der Waals surface area (Å²) in [5.74, 6) is -6.97. The Balaban J connectivity index is 0. The zero-order valence-electron chi connectivity index (χ0n) is 15.5. The van der Waals surface area contributed by atoms with E-state index in [2.05, 4.69) is 18.4 Å². The van der Waals surface area contributed by atoms with Crippen LogP contribution in [0.4, 0.5) is 0 Å².